The molecule has 0 unspecified atom stereocenters. The number of carbonyl (C=O) groups excluding carboxylic acids is 3. The van der Waals surface area contributed by atoms with E-state index < -0.39 is 11.8 Å². The molecule has 0 spiro atoms. The van der Waals surface area contributed by atoms with Gasteiger partial charge in [-0.05, 0) is 36.4 Å². The van der Waals surface area contributed by atoms with Gasteiger partial charge in [0.05, 0.1) is 23.8 Å². The summed E-state index contributed by atoms with van der Waals surface area (Å²) < 4.78 is 0. The molecule has 3 heterocycles. The Kier molecular flexibility index (Phi) is 10.0. The Balaban J connectivity index is 0.000000696. The Morgan fingerprint density at radius 1 is 0.788 bits per heavy atom. The normalized spacial score (nSPS) is 10.2. The molecule has 3 amide bonds. The molecule has 0 aromatic carbocycles. The van der Waals surface area contributed by atoms with Crippen molar-refractivity contribution < 1.29 is 14.4 Å². The van der Waals surface area contributed by atoms with Crippen molar-refractivity contribution in [1.29, 1.82) is 0 Å². The quantitative estimate of drug-likeness (QED) is 0.316. The van der Waals surface area contributed by atoms with Gasteiger partial charge in [0.15, 0.2) is 0 Å². The largest absolute Gasteiger partial charge is 0.351 e. The third kappa shape index (κ3) is 9.26. The van der Waals surface area contributed by atoms with Gasteiger partial charge in [-0.3, -0.25) is 24.4 Å². The highest BCUT2D eigenvalue weighted by Crippen LogP contribution is 2.00. The van der Waals surface area contributed by atoms with Crippen LogP contribution in [0.5, 0.6) is 0 Å². The number of pyridine rings is 3. The average molecular weight is 446 g/mol. The first kappa shape index (κ1) is 24.5. The van der Waals surface area contributed by atoms with E-state index in [9.17, 15) is 14.4 Å². The summed E-state index contributed by atoms with van der Waals surface area (Å²) in [7, 11) is 3.38. The minimum absolute atomic E-state index is 0.0412. The Hall–Kier alpha value is -4.80. The van der Waals surface area contributed by atoms with E-state index in [-0.39, 0.29) is 11.4 Å². The zero-order valence-electron chi connectivity index (χ0n) is 18.0. The summed E-state index contributed by atoms with van der Waals surface area (Å²) in [6.45, 7) is 0. The third-order valence-electron chi connectivity index (χ3n) is 3.53. The van der Waals surface area contributed by atoms with E-state index in [0.29, 0.717) is 11.4 Å². The molecule has 3 rings (SSSR count). The van der Waals surface area contributed by atoms with E-state index in [1.54, 1.807) is 69.0 Å². The molecule has 0 aliphatic rings. The number of hydrazone groups is 2. The molecule has 0 bridgehead atoms. The highest BCUT2D eigenvalue weighted by Gasteiger charge is 2.11. The van der Waals surface area contributed by atoms with Crippen LogP contribution >= 0.6 is 0 Å². The molecule has 168 valence electrons. The van der Waals surface area contributed by atoms with Crippen LogP contribution in [0.4, 0.5) is 0 Å². The smallest absolute Gasteiger partial charge is 0.289 e. The highest BCUT2D eigenvalue weighted by molar-refractivity contribution is 5.96. The lowest BCUT2D eigenvalue weighted by molar-refractivity contribution is -0.115. The monoisotopic (exact) mass is 446 g/mol. The van der Waals surface area contributed by atoms with Gasteiger partial charge in [-0.1, -0.05) is 18.2 Å². The predicted octanol–water partition coefficient (Wildman–Crippen LogP) is 1.10. The first-order valence-electron chi connectivity index (χ1n) is 9.57. The number of hydrogen-bond donors (Lipinski definition) is 2. The fourth-order valence-electron chi connectivity index (χ4n) is 2.02. The summed E-state index contributed by atoms with van der Waals surface area (Å²) in [4.78, 5) is 47.3. The van der Waals surface area contributed by atoms with Crippen LogP contribution in [0.2, 0.25) is 0 Å². The van der Waals surface area contributed by atoms with E-state index in [1.807, 2.05) is 0 Å². The second kappa shape index (κ2) is 13.5. The Morgan fingerprint density at radius 2 is 1.24 bits per heavy atom. The first-order chi connectivity index (χ1) is 16.0. The van der Waals surface area contributed by atoms with Crippen LogP contribution in [0.1, 0.15) is 32.4 Å². The molecule has 0 aliphatic heterocycles. The second-order valence-electron chi connectivity index (χ2n) is 6.38. The fourth-order valence-corrected chi connectivity index (χ4v) is 2.02. The van der Waals surface area contributed by atoms with Gasteiger partial charge in [-0.15, -0.1) is 0 Å². The standard InChI is InChI=1S/C19H15N7O2.C3H7NO/c27-18(25-22-12-14-6-1-3-10-20-14)16-8-5-9-17(24-16)19(28)26-23-13-15-7-2-4-11-21-15;1-4(2)3-5/h1-13H,(H,25,27)(H,26,28);3H,1-2H3/b22-12+,23-13+;. The Bertz CT molecular complexity index is 1020. The molecule has 0 saturated carbocycles. The second-order valence-corrected chi connectivity index (χ2v) is 6.38. The van der Waals surface area contributed by atoms with Crippen molar-refractivity contribution in [3.8, 4) is 0 Å². The van der Waals surface area contributed by atoms with Gasteiger partial charge >= 0.3 is 0 Å². The van der Waals surface area contributed by atoms with E-state index in [4.69, 9.17) is 0 Å². The first-order valence-corrected chi connectivity index (χ1v) is 9.57. The maximum atomic E-state index is 12.1. The number of aromatic nitrogens is 3. The fraction of sp³-hybridized carbons (Fsp3) is 0.0909. The van der Waals surface area contributed by atoms with Crippen LogP contribution < -0.4 is 10.9 Å². The third-order valence-corrected chi connectivity index (χ3v) is 3.53. The lowest BCUT2D eigenvalue weighted by Gasteiger charge is -2.02. The molecule has 2 N–H and O–H groups in total. The van der Waals surface area contributed by atoms with Crippen LogP contribution in [0.15, 0.2) is 77.2 Å². The number of carbonyl (C=O) groups is 3. The molecule has 0 atom stereocenters. The maximum Gasteiger partial charge on any atom is 0.289 e. The molecular formula is C22H22N8O3. The van der Waals surface area contributed by atoms with Crippen molar-refractivity contribution >= 4 is 30.7 Å². The molecule has 3 aromatic rings. The molecular weight excluding hydrogens is 424 g/mol. The number of nitrogens with zero attached hydrogens (tertiary/aromatic N) is 6. The summed E-state index contributed by atoms with van der Waals surface area (Å²) in [5.74, 6) is -1.11. The molecule has 11 nitrogen and oxygen atoms in total. The van der Waals surface area contributed by atoms with Crippen molar-refractivity contribution in [3.63, 3.8) is 0 Å². The number of hydrogen-bond acceptors (Lipinski definition) is 8. The van der Waals surface area contributed by atoms with Crippen LogP contribution in [0, 0.1) is 0 Å². The number of amides is 3. The zero-order valence-corrected chi connectivity index (χ0v) is 18.0. The number of rotatable bonds is 7. The molecule has 0 aliphatic carbocycles. The van der Waals surface area contributed by atoms with Gasteiger partial charge in [0.2, 0.25) is 6.41 Å². The summed E-state index contributed by atoms with van der Waals surface area (Å²) in [6.07, 6.45) is 6.79. The zero-order chi connectivity index (χ0) is 23.9. The summed E-state index contributed by atoms with van der Waals surface area (Å²) in [5, 5.41) is 7.64. The van der Waals surface area contributed by atoms with Crippen LogP contribution in [-0.2, 0) is 4.79 Å². The summed E-state index contributed by atoms with van der Waals surface area (Å²) in [6, 6.07) is 15.1. The molecule has 0 radical (unpaired) electrons. The minimum atomic E-state index is -0.557. The van der Waals surface area contributed by atoms with Crippen molar-refractivity contribution in [1.82, 2.24) is 30.7 Å². The lowest BCUT2D eigenvalue weighted by Crippen LogP contribution is -2.23. The Labute approximate surface area is 190 Å². The summed E-state index contributed by atoms with van der Waals surface area (Å²) >= 11 is 0. The molecule has 0 fully saturated rings. The minimum Gasteiger partial charge on any atom is -0.351 e. The lowest BCUT2D eigenvalue weighted by atomic mass is 10.3. The van der Waals surface area contributed by atoms with Gasteiger partial charge in [0.25, 0.3) is 11.8 Å². The van der Waals surface area contributed by atoms with E-state index in [0.717, 1.165) is 6.41 Å². The average Bonchev–Trinajstić information content (AvgIpc) is 2.85. The van der Waals surface area contributed by atoms with E-state index in [2.05, 4.69) is 36.0 Å². The van der Waals surface area contributed by atoms with E-state index in [1.165, 1.54) is 29.5 Å². The SMILES string of the molecule is CN(C)C=O.O=C(N/N=C/c1ccccn1)c1cccc(C(=O)N/N=C/c2ccccn2)n1. The highest BCUT2D eigenvalue weighted by atomic mass is 16.2. The van der Waals surface area contributed by atoms with Crippen LogP contribution in [-0.4, -0.2) is 64.6 Å². The molecule has 11 heteroatoms. The van der Waals surface area contributed by atoms with Crippen molar-refractivity contribution in [2.45, 2.75) is 0 Å². The maximum absolute atomic E-state index is 12.1. The van der Waals surface area contributed by atoms with Gasteiger partial charge in [-0.25, -0.2) is 15.8 Å². The van der Waals surface area contributed by atoms with Crippen molar-refractivity contribution in [2.75, 3.05) is 14.1 Å². The van der Waals surface area contributed by atoms with E-state index >= 15 is 0 Å². The van der Waals surface area contributed by atoms with Crippen LogP contribution in [0.3, 0.4) is 0 Å². The molecule has 0 saturated heterocycles. The van der Waals surface area contributed by atoms with Gasteiger partial charge in [0.1, 0.15) is 11.4 Å². The van der Waals surface area contributed by atoms with Gasteiger partial charge in [-0.2, -0.15) is 10.2 Å². The van der Waals surface area contributed by atoms with Gasteiger partial charge in [0, 0.05) is 26.5 Å². The molecule has 3 aromatic heterocycles. The van der Waals surface area contributed by atoms with Crippen molar-refractivity contribution in [3.05, 3.63) is 89.8 Å². The summed E-state index contributed by atoms with van der Waals surface area (Å²) in [5.41, 5.74) is 5.94. The number of nitrogens with one attached hydrogen (secondary N) is 2. The Morgan fingerprint density at radius 3 is 1.61 bits per heavy atom. The predicted molar refractivity (Wildman–Crippen MR) is 123 cm³/mol. The van der Waals surface area contributed by atoms with Crippen molar-refractivity contribution in [2.24, 2.45) is 10.2 Å². The van der Waals surface area contributed by atoms with Crippen LogP contribution in [0.25, 0.3) is 0 Å². The van der Waals surface area contributed by atoms with Gasteiger partial charge < -0.3 is 4.90 Å². The topological polar surface area (TPSA) is 142 Å². The molecule has 33 heavy (non-hydrogen) atoms.